The van der Waals surface area contributed by atoms with Gasteiger partial charge in [0.05, 0.1) is 17.1 Å². The maximum absolute atomic E-state index is 12.1. The second-order valence-electron chi connectivity index (χ2n) is 5.31. The summed E-state index contributed by atoms with van der Waals surface area (Å²) in [5.41, 5.74) is 0.619. The molecule has 2 aromatic rings. The summed E-state index contributed by atoms with van der Waals surface area (Å²) >= 11 is 11.8. The summed E-state index contributed by atoms with van der Waals surface area (Å²) in [5.74, 6) is 0.655. The Labute approximate surface area is 144 Å². The minimum Gasteiger partial charge on any atom is -0.323 e. The molecule has 0 spiro atoms. The summed E-state index contributed by atoms with van der Waals surface area (Å²) in [7, 11) is 1.92. The molecule has 0 radical (unpaired) electrons. The smallest absolute Gasteiger partial charge is 0.279 e. The van der Waals surface area contributed by atoms with E-state index in [2.05, 4.69) is 27.8 Å². The van der Waals surface area contributed by atoms with Crippen LogP contribution in [0, 0.1) is 0 Å². The van der Waals surface area contributed by atoms with Crippen molar-refractivity contribution < 1.29 is 9.69 Å². The number of aromatic nitrogens is 4. The summed E-state index contributed by atoms with van der Waals surface area (Å²) in [5, 5.41) is 15.3. The predicted octanol–water partition coefficient (Wildman–Crippen LogP) is 1.04. The number of benzene rings is 1. The number of hydrogen-bond acceptors (Lipinski definition) is 4. The summed E-state index contributed by atoms with van der Waals surface area (Å²) in [4.78, 5) is 13.1. The second-order valence-corrected chi connectivity index (χ2v) is 6.12. The van der Waals surface area contributed by atoms with Gasteiger partial charge in [-0.3, -0.25) is 4.79 Å². The average molecular weight is 358 g/mol. The number of amides is 1. The Balaban J connectivity index is 1.89. The molecule has 124 valence electrons. The fourth-order valence-electron chi connectivity index (χ4n) is 2.12. The van der Waals surface area contributed by atoms with E-state index >= 15 is 0 Å². The van der Waals surface area contributed by atoms with Gasteiger partial charge in [0.1, 0.15) is 6.54 Å². The number of nitrogens with one attached hydrogen (secondary N) is 2. The summed E-state index contributed by atoms with van der Waals surface area (Å²) in [6, 6.07) is 4.98. The molecule has 1 amide bonds. The van der Waals surface area contributed by atoms with Crippen molar-refractivity contribution in [1.82, 2.24) is 20.2 Å². The number of carbonyl (C=O) groups excluding carboxylic acids is 1. The number of nitrogens with zero attached hydrogens (tertiary/aromatic N) is 4. The summed E-state index contributed by atoms with van der Waals surface area (Å²) < 4.78 is 1.76. The molecule has 0 aliphatic rings. The molecule has 1 unspecified atom stereocenters. The normalized spacial score (nSPS) is 12.2. The number of likely N-dealkylation sites (N-methyl/N-ethyl adjacent to an activating group) is 1. The maximum atomic E-state index is 12.1. The maximum Gasteiger partial charge on any atom is 0.279 e. The predicted molar refractivity (Wildman–Crippen MR) is 88.7 cm³/mol. The highest BCUT2D eigenvalue weighted by Gasteiger charge is 2.15. The van der Waals surface area contributed by atoms with Crippen LogP contribution in [0.1, 0.15) is 19.2 Å². The standard InChI is InChI=1S/C14H18Cl2N6O/c1-3-6-22-13(18-19-20-22)8-21(2)9-14(23)17-10-4-5-11(15)12(16)7-10/h4-5,7H,3,6,8-9H2,1-2H3,(H,17,23)/p+1. The Kier molecular flexibility index (Phi) is 6.32. The van der Waals surface area contributed by atoms with Crippen LogP contribution in [-0.2, 0) is 17.9 Å². The minimum atomic E-state index is -0.115. The van der Waals surface area contributed by atoms with Crippen LogP contribution in [0.4, 0.5) is 5.69 Å². The highest BCUT2D eigenvalue weighted by Crippen LogP contribution is 2.24. The molecular formula is C14H19Cl2N6O+. The number of tetrazole rings is 1. The molecular weight excluding hydrogens is 339 g/mol. The van der Waals surface area contributed by atoms with Crippen LogP contribution >= 0.6 is 23.2 Å². The molecule has 7 nitrogen and oxygen atoms in total. The molecule has 0 saturated carbocycles. The van der Waals surface area contributed by atoms with Gasteiger partial charge >= 0.3 is 0 Å². The van der Waals surface area contributed by atoms with Gasteiger partial charge in [0, 0.05) is 12.2 Å². The number of aryl methyl sites for hydroxylation is 1. The van der Waals surface area contributed by atoms with Gasteiger partial charge in [-0.05, 0) is 35.0 Å². The third kappa shape index (κ3) is 5.16. The molecule has 23 heavy (non-hydrogen) atoms. The zero-order valence-electron chi connectivity index (χ0n) is 13.0. The molecule has 1 aromatic carbocycles. The lowest BCUT2D eigenvalue weighted by Gasteiger charge is -2.13. The van der Waals surface area contributed by atoms with Gasteiger partial charge < -0.3 is 10.2 Å². The van der Waals surface area contributed by atoms with E-state index in [9.17, 15) is 4.79 Å². The number of carbonyl (C=O) groups is 1. The van der Waals surface area contributed by atoms with Crippen LogP contribution in [0.5, 0.6) is 0 Å². The van der Waals surface area contributed by atoms with Gasteiger partial charge in [0.15, 0.2) is 6.54 Å². The SMILES string of the molecule is CCCn1nnnc1C[NH+](C)CC(=O)Nc1ccc(Cl)c(Cl)c1. The van der Waals surface area contributed by atoms with Gasteiger partial charge in [0.2, 0.25) is 5.82 Å². The molecule has 2 rings (SSSR count). The molecule has 2 N–H and O–H groups in total. The number of rotatable bonds is 7. The fraction of sp³-hybridized carbons (Fsp3) is 0.429. The van der Waals surface area contributed by atoms with Crippen LogP contribution in [0.2, 0.25) is 10.0 Å². The van der Waals surface area contributed by atoms with E-state index in [-0.39, 0.29) is 5.91 Å². The molecule has 1 atom stereocenters. The molecule has 0 fully saturated rings. The summed E-state index contributed by atoms with van der Waals surface area (Å²) in [6.07, 6.45) is 0.953. The molecule has 9 heteroatoms. The lowest BCUT2D eigenvalue weighted by atomic mass is 10.3. The van der Waals surface area contributed by atoms with Crippen molar-refractivity contribution in [2.45, 2.75) is 26.4 Å². The van der Waals surface area contributed by atoms with Crippen LogP contribution in [0.25, 0.3) is 0 Å². The van der Waals surface area contributed by atoms with Crippen molar-refractivity contribution in [3.8, 4) is 0 Å². The first-order chi connectivity index (χ1) is 11.0. The quantitative estimate of drug-likeness (QED) is 0.776. The Morgan fingerprint density at radius 3 is 2.83 bits per heavy atom. The lowest BCUT2D eigenvalue weighted by Crippen LogP contribution is -3.08. The first kappa shape index (κ1) is 17.7. The number of quaternary nitrogens is 1. The van der Waals surface area contributed by atoms with Crippen molar-refractivity contribution in [3.63, 3.8) is 0 Å². The average Bonchev–Trinajstić information content (AvgIpc) is 2.90. The number of hydrogen-bond donors (Lipinski definition) is 2. The highest BCUT2D eigenvalue weighted by molar-refractivity contribution is 6.42. The van der Waals surface area contributed by atoms with Crippen LogP contribution < -0.4 is 10.2 Å². The first-order valence-corrected chi connectivity index (χ1v) is 8.06. The molecule has 0 bridgehead atoms. The first-order valence-electron chi connectivity index (χ1n) is 7.30. The molecule has 1 heterocycles. The van der Waals surface area contributed by atoms with Gasteiger partial charge in [-0.1, -0.05) is 30.1 Å². The fourth-order valence-corrected chi connectivity index (χ4v) is 2.42. The Bertz CT molecular complexity index is 675. The van der Waals surface area contributed by atoms with Gasteiger partial charge in [-0.2, -0.15) is 0 Å². The molecule has 0 aliphatic heterocycles. The monoisotopic (exact) mass is 357 g/mol. The van der Waals surface area contributed by atoms with Crippen molar-refractivity contribution in [1.29, 1.82) is 0 Å². The van der Waals surface area contributed by atoms with Gasteiger partial charge in [-0.15, -0.1) is 5.10 Å². The zero-order chi connectivity index (χ0) is 16.8. The van der Waals surface area contributed by atoms with Crippen LogP contribution in [0.15, 0.2) is 18.2 Å². The van der Waals surface area contributed by atoms with E-state index in [0.717, 1.165) is 23.7 Å². The summed E-state index contributed by atoms with van der Waals surface area (Å²) in [6.45, 7) is 3.69. The van der Waals surface area contributed by atoms with Gasteiger partial charge in [0.25, 0.3) is 5.91 Å². The zero-order valence-corrected chi connectivity index (χ0v) is 14.5. The highest BCUT2D eigenvalue weighted by atomic mass is 35.5. The van der Waals surface area contributed by atoms with E-state index in [1.807, 2.05) is 7.05 Å². The largest absolute Gasteiger partial charge is 0.323 e. The van der Waals surface area contributed by atoms with Crippen molar-refractivity contribution in [2.75, 3.05) is 18.9 Å². The third-order valence-electron chi connectivity index (χ3n) is 3.17. The van der Waals surface area contributed by atoms with Crippen molar-refractivity contribution >= 4 is 34.8 Å². The van der Waals surface area contributed by atoms with E-state index in [4.69, 9.17) is 23.2 Å². The lowest BCUT2D eigenvalue weighted by molar-refractivity contribution is -0.886. The number of anilines is 1. The topological polar surface area (TPSA) is 77.1 Å². The Morgan fingerprint density at radius 2 is 2.13 bits per heavy atom. The van der Waals surface area contributed by atoms with E-state index in [0.29, 0.717) is 28.8 Å². The number of halogens is 2. The Hall–Kier alpha value is -1.70. The van der Waals surface area contributed by atoms with Crippen molar-refractivity contribution in [3.05, 3.63) is 34.1 Å². The van der Waals surface area contributed by atoms with E-state index in [1.54, 1.807) is 22.9 Å². The third-order valence-corrected chi connectivity index (χ3v) is 3.91. The molecule has 0 aliphatic carbocycles. The minimum absolute atomic E-state index is 0.115. The van der Waals surface area contributed by atoms with Crippen molar-refractivity contribution in [2.24, 2.45) is 0 Å². The Morgan fingerprint density at radius 1 is 1.35 bits per heavy atom. The van der Waals surface area contributed by atoms with E-state index in [1.165, 1.54) is 0 Å². The second kappa shape index (κ2) is 8.24. The molecule has 0 saturated heterocycles. The molecule has 1 aromatic heterocycles. The van der Waals surface area contributed by atoms with E-state index < -0.39 is 0 Å². The van der Waals surface area contributed by atoms with Crippen LogP contribution in [-0.4, -0.2) is 39.7 Å². The van der Waals surface area contributed by atoms with Gasteiger partial charge in [-0.25, -0.2) is 4.68 Å². The van der Waals surface area contributed by atoms with Crippen LogP contribution in [0.3, 0.4) is 0 Å².